The van der Waals surface area contributed by atoms with E-state index >= 15 is 0 Å². The first-order chi connectivity index (χ1) is 20.8. The van der Waals surface area contributed by atoms with Crippen LogP contribution in [-0.2, 0) is 22.5 Å². The van der Waals surface area contributed by atoms with Crippen molar-refractivity contribution in [2.24, 2.45) is 17.1 Å². The average Bonchev–Trinajstić information content (AvgIpc) is 3.66. The van der Waals surface area contributed by atoms with E-state index in [1.54, 1.807) is 0 Å². The van der Waals surface area contributed by atoms with Crippen LogP contribution in [0.4, 0.5) is 0 Å². The lowest BCUT2D eigenvalue weighted by atomic mass is 9.79. The molecule has 2 aromatic carbocycles. The number of nitrogens with two attached hydrogens (primary N) is 1. The minimum Gasteiger partial charge on any atom is -0.481 e. The predicted octanol–water partition coefficient (Wildman–Crippen LogP) is 7.63. The molecule has 9 heteroatoms. The van der Waals surface area contributed by atoms with Crippen LogP contribution >= 0.6 is 11.6 Å². The number of halogens is 1. The predicted molar refractivity (Wildman–Crippen MR) is 175 cm³/mol. The normalized spacial score (nSPS) is 17.5. The Balaban J connectivity index is 0.000000818. The minimum atomic E-state index is -0.766. The average molecular weight is 625 g/mol. The summed E-state index contributed by atoms with van der Waals surface area (Å²) in [6.07, 6.45) is 6.88. The number of aliphatic carboxylic acids is 1. The van der Waals surface area contributed by atoms with Crippen LogP contribution in [0.3, 0.4) is 0 Å². The second kappa shape index (κ2) is 15.0. The molecule has 0 spiro atoms. The smallest absolute Gasteiger partial charge is 0.312 e. The molecule has 1 aliphatic heterocycles. The molecule has 0 bridgehead atoms. The summed E-state index contributed by atoms with van der Waals surface area (Å²) in [7, 11) is 0. The number of nitrogens with zero attached hydrogens (tertiary/aromatic N) is 3. The van der Waals surface area contributed by atoms with Gasteiger partial charge in [0.25, 0.3) is 5.89 Å². The first-order valence-corrected chi connectivity index (χ1v) is 16.3. The van der Waals surface area contributed by atoms with Crippen LogP contribution in [0.15, 0.2) is 47.0 Å². The topological polar surface area (TPSA) is 115 Å². The van der Waals surface area contributed by atoms with Crippen molar-refractivity contribution >= 4 is 17.6 Å². The number of carbonyl (C=O) groups is 1. The molecule has 2 heterocycles. The lowest BCUT2D eigenvalue weighted by Gasteiger charge is -2.39. The van der Waals surface area contributed by atoms with Gasteiger partial charge in [0.05, 0.1) is 18.1 Å². The van der Waals surface area contributed by atoms with Gasteiger partial charge in [-0.05, 0) is 95.1 Å². The molecule has 2 aliphatic rings. The van der Waals surface area contributed by atoms with Crippen molar-refractivity contribution in [2.75, 3.05) is 19.7 Å². The number of rotatable bonds is 10. The van der Waals surface area contributed by atoms with E-state index in [1.807, 2.05) is 51.1 Å². The fourth-order valence-corrected chi connectivity index (χ4v) is 5.91. The third-order valence-corrected chi connectivity index (χ3v) is 8.49. The summed E-state index contributed by atoms with van der Waals surface area (Å²) in [5.41, 5.74) is 8.55. The molecule has 1 saturated carbocycles. The number of hydrogen-bond donors (Lipinski definition) is 2. The van der Waals surface area contributed by atoms with E-state index in [9.17, 15) is 9.90 Å². The van der Waals surface area contributed by atoms with Crippen LogP contribution in [0.25, 0.3) is 22.8 Å². The molecule has 0 radical (unpaired) electrons. The maximum atomic E-state index is 12.2. The molecule has 240 valence electrons. The van der Waals surface area contributed by atoms with Crippen LogP contribution in [0, 0.1) is 11.3 Å². The van der Waals surface area contributed by atoms with Crippen molar-refractivity contribution < 1.29 is 19.2 Å². The van der Waals surface area contributed by atoms with E-state index in [2.05, 4.69) is 41.0 Å². The molecule has 1 aliphatic carbocycles. The molecule has 0 unspecified atom stereocenters. The summed E-state index contributed by atoms with van der Waals surface area (Å²) in [6, 6.07) is 14.0. The molecule has 2 fully saturated rings. The summed E-state index contributed by atoms with van der Waals surface area (Å²) in [6.45, 7) is 12.8. The highest BCUT2D eigenvalue weighted by molar-refractivity contribution is 6.31. The van der Waals surface area contributed by atoms with E-state index in [0.29, 0.717) is 42.1 Å². The number of likely N-dealkylation sites (tertiary alicyclic amines) is 1. The summed E-state index contributed by atoms with van der Waals surface area (Å²) in [4.78, 5) is 19.1. The Morgan fingerprint density at radius 2 is 1.73 bits per heavy atom. The molecular weight excluding hydrogens is 576 g/mol. The largest absolute Gasteiger partial charge is 0.481 e. The number of piperidine rings is 1. The van der Waals surface area contributed by atoms with Crippen LogP contribution in [0.1, 0.15) is 84.3 Å². The Morgan fingerprint density at radius 1 is 1.11 bits per heavy atom. The summed E-state index contributed by atoms with van der Waals surface area (Å²) in [5, 5.41) is 14.9. The van der Waals surface area contributed by atoms with Crippen LogP contribution < -0.4 is 5.73 Å². The fraction of sp³-hybridized carbons (Fsp3) is 0.571. The van der Waals surface area contributed by atoms with E-state index in [4.69, 9.17) is 26.6 Å². The second-order valence-electron chi connectivity index (χ2n) is 14.0. The summed E-state index contributed by atoms with van der Waals surface area (Å²) >= 11 is 6.49. The number of benzene rings is 2. The van der Waals surface area contributed by atoms with Gasteiger partial charge in [0.2, 0.25) is 5.82 Å². The monoisotopic (exact) mass is 624 g/mol. The Kier molecular flexibility index (Phi) is 11.6. The molecule has 1 aromatic heterocycles. The Hall–Kier alpha value is -2.78. The van der Waals surface area contributed by atoms with Crippen molar-refractivity contribution in [3.63, 3.8) is 0 Å². The van der Waals surface area contributed by atoms with Gasteiger partial charge in [-0.15, -0.1) is 0 Å². The Bertz CT molecular complexity index is 1350. The molecular formula is C35H49ClN4O4. The van der Waals surface area contributed by atoms with E-state index in [0.717, 1.165) is 55.6 Å². The number of carboxylic acid groups (broad SMARTS) is 1. The number of hydrogen-bond acceptors (Lipinski definition) is 7. The van der Waals surface area contributed by atoms with Crippen LogP contribution in [0.2, 0.25) is 5.02 Å². The maximum Gasteiger partial charge on any atom is 0.312 e. The third-order valence-electron chi connectivity index (χ3n) is 8.14. The molecule has 0 atom stereocenters. The van der Waals surface area contributed by atoms with Crippen molar-refractivity contribution in [3.8, 4) is 22.8 Å². The zero-order valence-electron chi connectivity index (χ0n) is 26.9. The molecule has 3 aromatic rings. The van der Waals surface area contributed by atoms with Gasteiger partial charge < -0.3 is 20.1 Å². The Morgan fingerprint density at radius 3 is 2.30 bits per heavy atom. The SMILES string of the molecule is CC(C)(C)N.CC(C)Cc1ccc(-c2nc(-c3ccc(CN4CCC(COC5CCCC5)(C(=O)O)CC4)cc3)no2)cc1Cl. The molecule has 5 rings (SSSR count). The van der Waals surface area contributed by atoms with Crippen LogP contribution in [0.5, 0.6) is 0 Å². The number of aromatic nitrogens is 2. The minimum absolute atomic E-state index is 0. The maximum absolute atomic E-state index is 12.2. The van der Waals surface area contributed by atoms with Gasteiger partial charge in [-0.3, -0.25) is 9.69 Å². The quantitative estimate of drug-likeness (QED) is 0.237. The van der Waals surface area contributed by atoms with Crippen LogP contribution in [-0.4, -0.2) is 57.5 Å². The lowest BCUT2D eigenvalue weighted by Crippen LogP contribution is -2.47. The first-order valence-electron chi connectivity index (χ1n) is 15.9. The highest BCUT2D eigenvalue weighted by Crippen LogP contribution is 2.35. The standard InChI is InChI=1S/C31H38ClN3O4.C4H11N/c1-21(2)17-24-11-12-25(18-27(24)32)29-33-28(34-39-29)23-9-7-22(8-10-23)19-35-15-13-31(14-16-35,30(36)37)20-38-26-5-3-4-6-26;1-4(2,3)5/h7-12,18,21,26H,3-6,13-17,19-20H2,1-2H3,(H,36,37);5H2,1-3H3. The molecule has 0 amide bonds. The lowest BCUT2D eigenvalue weighted by molar-refractivity contribution is -0.159. The van der Waals surface area contributed by atoms with Gasteiger partial charge >= 0.3 is 5.97 Å². The van der Waals surface area contributed by atoms with Gasteiger partial charge in [0.1, 0.15) is 0 Å². The number of ether oxygens (including phenoxy) is 1. The van der Waals surface area contributed by atoms with Crippen molar-refractivity contribution in [1.82, 2.24) is 15.0 Å². The second-order valence-corrected chi connectivity index (χ2v) is 14.4. The van der Waals surface area contributed by atoms with E-state index in [-0.39, 0.29) is 11.6 Å². The zero-order valence-corrected chi connectivity index (χ0v) is 27.7. The molecule has 3 N–H and O–H groups in total. The number of carboxylic acids is 1. The van der Waals surface area contributed by atoms with Gasteiger partial charge in [0, 0.05) is 28.2 Å². The fourth-order valence-electron chi connectivity index (χ4n) is 5.65. The zero-order chi connectivity index (χ0) is 31.9. The molecule has 44 heavy (non-hydrogen) atoms. The van der Waals surface area contributed by atoms with Gasteiger partial charge in [0.15, 0.2) is 0 Å². The molecule has 8 nitrogen and oxygen atoms in total. The van der Waals surface area contributed by atoms with Gasteiger partial charge in [-0.1, -0.05) is 73.8 Å². The van der Waals surface area contributed by atoms with E-state index < -0.39 is 11.4 Å². The first kappa shape index (κ1) is 34.1. The van der Waals surface area contributed by atoms with Gasteiger partial charge in [-0.2, -0.15) is 4.98 Å². The Labute approximate surface area is 267 Å². The third kappa shape index (κ3) is 9.86. The van der Waals surface area contributed by atoms with E-state index in [1.165, 1.54) is 18.4 Å². The molecule has 1 saturated heterocycles. The van der Waals surface area contributed by atoms with Crippen molar-refractivity contribution in [3.05, 3.63) is 58.6 Å². The highest BCUT2D eigenvalue weighted by Gasteiger charge is 2.42. The van der Waals surface area contributed by atoms with Gasteiger partial charge in [-0.25, -0.2) is 0 Å². The van der Waals surface area contributed by atoms with Crippen molar-refractivity contribution in [2.45, 2.75) is 97.8 Å². The highest BCUT2D eigenvalue weighted by atomic mass is 35.5. The summed E-state index contributed by atoms with van der Waals surface area (Å²) < 4.78 is 11.6. The summed E-state index contributed by atoms with van der Waals surface area (Å²) in [5.74, 6) is 0.780. The van der Waals surface area contributed by atoms with Crippen molar-refractivity contribution in [1.29, 1.82) is 0 Å².